The number of rotatable bonds is 22. The largest absolute Gasteiger partial charge is 0.445 e. The zero-order valence-electron chi connectivity index (χ0n) is 18.8. The Labute approximate surface area is 190 Å². The first-order valence-corrected chi connectivity index (χ1v) is 10.9. The number of amides is 1. The first-order chi connectivity index (χ1) is 15.8. The van der Waals surface area contributed by atoms with Gasteiger partial charge in [-0.25, -0.2) is 4.79 Å². The summed E-state index contributed by atoms with van der Waals surface area (Å²) in [6.07, 6.45) is -0.463. The fourth-order valence-electron chi connectivity index (χ4n) is 2.28. The van der Waals surface area contributed by atoms with E-state index in [0.717, 1.165) is 5.56 Å². The Bertz CT molecular complexity index is 536. The number of carbonyl (C=O) groups excluding carboxylic acids is 1. The zero-order valence-corrected chi connectivity index (χ0v) is 18.8. The zero-order chi connectivity index (χ0) is 23.0. The molecule has 1 aromatic rings. The minimum absolute atomic E-state index is 0.246. The molecule has 1 aromatic carbocycles. The maximum Gasteiger partial charge on any atom is 0.407 e. The molecule has 0 spiro atoms. The SMILES string of the molecule is NCCOCCOCCOCCOCCOCCOCCNC(=O)OCc1ccccc1. The Morgan fingerprint density at radius 3 is 1.56 bits per heavy atom. The number of nitrogens with two attached hydrogens (primary N) is 1. The van der Waals surface area contributed by atoms with Crippen LogP contribution < -0.4 is 11.1 Å². The molecule has 10 heteroatoms. The molecule has 1 amide bonds. The fourth-order valence-corrected chi connectivity index (χ4v) is 2.28. The van der Waals surface area contributed by atoms with Gasteiger partial charge in [0.05, 0.1) is 79.3 Å². The first-order valence-electron chi connectivity index (χ1n) is 10.9. The topological polar surface area (TPSA) is 120 Å². The van der Waals surface area contributed by atoms with E-state index in [9.17, 15) is 4.79 Å². The van der Waals surface area contributed by atoms with Gasteiger partial charge in [-0.2, -0.15) is 0 Å². The van der Waals surface area contributed by atoms with E-state index in [1.807, 2.05) is 30.3 Å². The summed E-state index contributed by atoms with van der Waals surface area (Å²) in [4.78, 5) is 11.6. The number of ether oxygens (including phenoxy) is 7. The monoisotopic (exact) mass is 458 g/mol. The van der Waals surface area contributed by atoms with Gasteiger partial charge in [-0.15, -0.1) is 0 Å². The normalized spacial score (nSPS) is 10.9. The van der Waals surface area contributed by atoms with E-state index < -0.39 is 6.09 Å². The molecule has 0 saturated carbocycles. The van der Waals surface area contributed by atoms with Crippen molar-refractivity contribution in [2.45, 2.75) is 6.61 Å². The molecule has 0 aliphatic heterocycles. The van der Waals surface area contributed by atoms with Crippen LogP contribution in [0.4, 0.5) is 4.79 Å². The molecule has 0 bridgehead atoms. The molecular formula is C22H38N2O8. The summed E-state index contributed by atoms with van der Waals surface area (Å²) in [6, 6.07) is 9.51. The van der Waals surface area contributed by atoms with E-state index >= 15 is 0 Å². The molecule has 184 valence electrons. The smallest absolute Gasteiger partial charge is 0.407 e. The lowest BCUT2D eigenvalue weighted by Gasteiger charge is -2.09. The van der Waals surface area contributed by atoms with Crippen molar-refractivity contribution in [3.05, 3.63) is 35.9 Å². The lowest BCUT2D eigenvalue weighted by Crippen LogP contribution is -2.28. The van der Waals surface area contributed by atoms with Crippen molar-refractivity contribution in [3.63, 3.8) is 0 Å². The highest BCUT2D eigenvalue weighted by Crippen LogP contribution is 2.00. The average Bonchev–Trinajstić information content (AvgIpc) is 2.82. The maximum absolute atomic E-state index is 11.6. The minimum atomic E-state index is -0.463. The molecule has 0 aliphatic carbocycles. The van der Waals surface area contributed by atoms with Crippen molar-refractivity contribution >= 4 is 6.09 Å². The number of alkyl carbamates (subject to hydrolysis) is 1. The molecule has 32 heavy (non-hydrogen) atoms. The third-order valence-corrected chi connectivity index (χ3v) is 3.85. The minimum Gasteiger partial charge on any atom is -0.445 e. The molecule has 0 aromatic heterocycles. The summed E-state index contributed by atoms with van der Waals surface area (Å²) in [5.41, 5.74) is 6.25. The van der Waals surface area contributed by atoms with Crippen molar-refractivity contribution in [1.29, 1.82) is 0 Å². The molecular weight excluding hydrogens is 420 g/mol. The van der Waals surface area contributed by atoms with Crippen molar-refractivity contribution < 1.29 is 38.0 Å². The molecule has 0 saturated heterocycles. The highest BCUT2D eigenvalue weighted by atomic mass is 16.6. The maximum atomic E-state index is 11.6. The predicted molar refractivity (Wildman–Crippen MR) is 119 cm³/mol. The highest BCUT2D eigenvalue weighted by Gasteiger charge is 2.01. The van der Waals surface area contributed by atoms with Gasteiger partial charge in [0.1, 0.15) is 6.61 Å². The molecule has 10 nitrogen and oxygen atoms in total. The van der Waals surface area contributed by atoms with Gasteiger partial charge in [0.2, 0.25) is 0 Å². The van der Waals surface area contributed by atoms with Crippen molar-refractivity contribution in [2.24, 2.45) is 5.73 Å². The van der Waals surface area contributed by atoms with Gasteiger partial charge in [-0.05, 0) is 5.56 Å². The highest BCUT2D eigenvalue weighted by molar-refractivity contribution is 5.67. The van der Waals surface area contributed by atoms with Gasteiger partial charge in [0, 0.05) is 13.1 Å². The van der Waals surface area contributed by atoms with Crippen LogP contribution in [0.25, 0.3) is 0 Å². The van der Waals surface area contributed by atoms with Gasteiger partial charge < -0.3 is 44.2 Å². The number of nitrogens with one attached hydrogen (secondary N) is 1. The third kappa shape index (κ3) is 18.9. The summed E-state index contributed by atoms with van der Waals surface area (Å²) in [5.74, 6) is 0. The first kappa shape index (κ1) is 28.2. The molecule has 0 atom stereocenters. The summed E-state index contributed by atoms with van der Waals surface area (Å²) in [7, 11) is 0. The van der Waals surface area contributed by atoms with Crippen molar-refractivity contribution in [1.82, 2.24) is 5.32 Å². The van der Waals surface area contributed by atoms with E-state index in [-0.39, 0.29) is 6.61 Å². The quantitative estimate of drug-likeness (QED) is 0.245. The fraction of sp³-hybridized carbons (Fsp3) is 0.682. The summed E-state index contributed by atoms with van der Waals surface area (Å²) in [5, 5.41) is 2.63. The molecule has 0 aliphatic rings. The number of hydrogen-bond acceptors (Lipinski definition) is 9. The molecule has 1 rings (SSSR count). The lowest BCUT2D eigenvalue weighted by molar-refractivity contribution is -0.0162. The van der Waals surface area contributed by atoms with Gasteiger partial charge in [-0.1, -0.05) is 30.3 Å². The lowest BCUT2D eigenvalue weighted by atomic mass is 10.2. The van der Waals surface area contributed by atoms with E-state index in [1.54, 1.807) is 0 Å². The predicted octanol–water partition coefficient (Wildman–Crippen LogP) is 0.971. The van der Waals surface area contributed by atoms with Crippen LogP contribution >= 0.6 is 0 Å². The Morgan fingerprint density at radius 1 is 0.656 bits per heavy atom. The molecule has 0 radical (unpaired) electrons. The Morgan fingerprint density at radius 2 is 1.09 bits per heavy atom. The van der Waals surface area contributed by atoms with Crippen LogP contribution in [0, 0.1) is 0 Å². The Hall–Kier alpha value is -1.79. The Kier molecular flexibility index (Phi) is 19.8. The molecule has 0 fully saturated rings. The summed E-state index contributed by atoms with van der Waals surface area (Å²) in [6.45, 7) is 7.13. The van der Waals surface area contributed by atoms with Crippen LogP contribution in [0.1, 0.15) is 5.56 Å². The number of hydrogen-bond donors (Lipinski definition) is 2. The molecule has 0 unspecified atom stereocenters. The van der Waals surface area contributed by atoms with E-state index in [4.69, 9.17) is 38.9 Å². The van der Waals surface area contributed by atoms with E-state index in [1.165, 1.54) is 0 Å². The van der Waals surface area contributed by atoms with Crippen molar-refractivity contribution in [3.8, 4) is 0 Å². The second-order valence-corrected chi connectivity index (χ2v) is 6.45. The van der Waals surface area contributed by atoms with Gasteiger partial charge in [0.25, 0.3) is 0 Å². The molecule has 3 N–H and O–H groups in total. The van der Waals surface area contributed by atoms with Crippen LogP contribution in [0.3, 0.4) is 0 Å². The Balaban J connectivity index is 1.71. The third-order valence-electron chi connectivity index (χ3n) is 3.85. The van der Waals surface area contributed by atoms with E-state index in [2.05, 4.69) is 5.32 Å². The van der Waals surface area contributed by atoms with Crippen LogP contribution in [0.2, 0.25) is 0 Å². The van der Waals surface area contributed by atoms with Crippen LogP contribution in [-0.2, 0) is 39.8 Å². The van der Waals surface area contributed by atoms with E-state index in [0.29, 0.717) is 92.4 Å². The van der Waals surface area contributed by atoms with Gasteiger partial charge in [0.15, 0.2) is 0 Å². The van der Waals surface area contributed by atoms with Gasteiger partial charge in [-0.3, -0.25) is 0 Å². The van der Waals surface area contributed by atoms with Crippen LogP contribution in [0.15, 0.2) is 30.3 Å². The average molecular weight is 459 g/mol. The molecule has 0 heterocycles. The second kappa shape index (κ2) is 22.4. The second-order valence-electron chi connectivity index (χ2n) is 6.45. The standard InChI is InChI=1S/C22H38N2O8/c23-6-8-26-10-12-28-14-16-30-18-19-31-17-15-29-13-11-27-9-7-24-22(25)32-20-21-4-2-1-3-5-21/h1-5H,6-20,23H2,(H,24,25). The summed E-state index contributed by atoms with van der Waals surface area (Å²) < 4.78 is 37.2. The van der Waals surface area contributed by atoms with Gasteiger partial charge >= 0.3 is 6.09 Å². The number of carbonyl (C=O) groups is 1. The summed E-state index contributed by atoms with van der Waals surface area (Å²) >= 11 is 0. The van der Waals surface area contributed by atoms with Crippen LogP contribution in [-0.4, -0.2) is 98.5 Å². The van der Waals surface area contributed by atoms with Crippen LogP contribution in [0.5, 0.6) is 0 Å². The number of benzene rings is 1. The van der Waals surface area contributed by atoms with Crippen molar-refractivity contribution in [2.75, 3.05) is 92.4 Å².